The Kier molecular flexibility index (Phi) is 11.5. The number of ether oxygens (including phenoxy) is 1. The molecule has 0 bridgehead atoms. The van der Waals surface area contributed by atoms with Gasteiger partial charge in [-0.1, -0.05) is 31.4 Å². The molecule has 5 N–H and O–H groups in total. The number of carbonyl (C=O) groups is 2. The number of halogens is 1. The molecule has 1 aliphatic heterocycles. The largest absolute Gasteiger partial charge is 0.496 e. The number of carbonyl (C=O) groups excluding carboxylic acids is 2. The SMILES string of the molecule is CCCNC(=O)NCCCCCCN1CC[C@@H](CNC(=O)c2cc(Cl)c(N)cc2OC)C1. The molecule has 1 atom stereocenters. The van der Waals surface area contributed by atoms with Crippen LogP contribution in [-0.4, -0.2) is 63.2 Å². The van der Waals surface area contributed by atoms with Crippen LogP contribution in [0.15, 0.2) is 12.1 Å². The summed E-state index contributed by atoms with van der Waals surface area (Å²) >= 11 is 6.07. The van der Waals surface area contributed by atoms with Crippen molar-refractivity contribution in [2.45, 2.75) is 45.4 Å². The molecule has 3 amide bonds. The third kappa shape index (κ3) is 8.74. The summed E-state index contributed by atoms with van der Waals surface area (Å²) in [6.45, 7) is 7.26. The zero-order valence-electron chi connectivity index (χ0n) is 19.3. The molecule has 0 radical (unpaired) electrons. The van der Waals surface area contributed by atoms with E-state index < -0.39 is 0 Å². The predicted octanol–water partition coefficient (Wildman–Crippen LogP) is 3.25. The lowest BCUT2D eigenvalue weighted by molar-refractivity contribution is 0.0944. The molecule has 1 fully saturated rings. The van der Waals surface area contributed by atoms with Crippen molar-refractivity contribution in [2.24, 2.45) is 5.92 Å². The number of nitrogens with one attached hydrogen (secondary N) is 3. The van der Waals surface area contributed by atoms with Gasteiger partial charge in [0.1, 0.15) is 5.75 Å². The average molecular weight is 468 g/mol. The van der Waals surface area contributed by atoms with Crippen LogP contribution in [0, 0.1) is 5.92 Å². The van der Waals surface area contributed by atoms with Crippen LogP contribution in [0.3, 0.4) is 0 Å². The molecule has 1 aliphatic rings. The first-order chi connectivity index (χ1) is 15.4. The maximum Gasteiger partial charge on any atom is 0.314 e. The van der Waals surface area contributed by atoms with Crippen molar-refractivity contribution in [2.75, 3.05) is 52.1 Å². The number of likely N-dealkylation sites (tertiary alicyclic amines) is 1. The Hall–Kier alpha value is -2.19. The van der Waals surface area contributed by atoms with Crippen LogP contribution in [-0.2, 0) is 0 Å². The Morgan fingerprint density at radius 2 is 1.91 bits per heavy atom. The van der Waals surface area contributed by atoms with Gasteiger partial charge in [0.25, 0.3) is 5.91 Å². The van der Waals surface area contributed by atoms with Gasteiger partial charge in [0.2, 0.25) is 0 Å². The number of urea groups is 1. The molecule has 0 spiro atoms. The zero-order chi connectivity index (χ0) is 23.3. The Morgan fingerprint density at radius 3 is 2.66 bits per heavy atom. The van der Waals surface area contributed by atoms with Crippen molar-refractivity contribution in [3.8, 4) is 5.75 Å². The van der Waals surface area contributed by atoms with Crippen LogP contribution in [0.25, 0.3) is 0 Å². The summed E-state index contributed by atoms with van der Waals surface area (Å²) in [6, 6.07) is 3.06. The number of anilines is 1. The second-order valence-corrected chi connectivity index (χ2v) is 8.74. The van der Waals surface area contributed by atoms with E-state index in [1.54, 1.807) is 12.1 Å². The fourth-order valence-corrected chi connectivity index (χ4v) is 4.01. The Morgan fingerprint density at radius 1 is 1.16 bits per heavy atom. The van der Waals surface area contributed by atoms with Gasteiger partial charge in [0.15, 0.2) is 0 Å². The molecular weight excluding hydrogens is 430 g/mol. The van der Waals surface area contributed by atoms with Gasteiger partial charge in [0, 0.05) is 32.2 Å². The molecule has 1 aromatic carbocycles. The highest BCUT2D eigenvalue weighted by Gasteiger charge is 2.23. The van der Waals surface area contributed by atoms with Gasteiger partial charge >= 0.3 is 6.03 Å². The van der Waals surface area contributed by atoms with Crippen LogP contribution in [0.4, 0.5) is 10.5 Å². The normalized spacial score (nSPS) is 16.0. The fraction of sp³-hybridized carbons (Fsp3) is 0.652. The first kappa shape index (κ1) is 26.1. The van der Waals surface area contributed by atoms with Gasteiger partial charge in [-0.15, -0.1) is 0 Å². The number of nitrogens with zero attached hydrogens (tertiary/aromatic N) is 1. The van der Waals surface area contributed by atoms with E-state index in [-0.39, 0.29) is 11.9 Å². The van der Waals surface area contributed by atoms with Crippen molar-refractivity contribution in [1.29, 1.82) is 0 Å². The van der Waals surface area contributed by atoms with Crippen molar-refractivity contribution in [3.05, 3.63) is 22.7 Å². The predicted molar refractivity (Wildman–Crippen MR) is 129 cm³/mol. The van der Waals surface area contributed by atoms with E-state index in [1.807, 2.05) is 6.92 Å². The number of amides is 3. The second kappa shape index (κ2) is 14.1. The van der Waals surface area contributed by atoms with Crippen LogP contribution < -0.4 is 26.4 Å². The number of hydrogen-bond acceptors (Lipinski definition) is 5. The quantitative estimate of drug-likeness (QED) is 0.263. The highest BCUT2D eigenvalue weighted by Crippen LogP contribution is 2.29. The van der Waals surface area contributed by atoms with Gasteiger partial charge in [-0.25, -0.2) is 4.79 Å². The highest BCUT2D eigenvalue weighted by molar-refractivity contribution is 6.33. The van der Waals surface area contributed by atoms with Gasteiger partial charge < -0.3 is 31.3 Å². The third-order valence-electron chi connectivity index (χ3n) is 5.71. The topological polar surface area (TPSA) is 109 Å². The van der Waals surface area contributed by atoms with E-state index in [2.05, 4.69) is 20.9 Å². The molecule has 9 heteroatoms. The Bertz CT molecular complexity index is 747. The van der Waals surface area contributed by atoms with E-state index in [9.17, 15) is 9.59 Å². The van der Waals surface area contributed by atoms with Crippen molar-refractivity contribution >= 4 is 29.2 Å². The second-order valence-electron chi connectivity index (χ2n) is 8.34. The smallest absolute Gasteiger partial charge is 0.314 e. The Balaban J connectivity index is 1.58. The minimum absolute atomic E-state index is 0.0695. The summed E-state index contributed by atoms with van der Waals surface area (Å²) in [5, 5.41) is 9.06. The van der Waals surface area contributed by atoms with Crippen LogP contribution in [0.5, 0.6) is 5.75 Å². The molecule has 8 nitrogen and oxygen atoms in total. The van der Waals surface area contributed by atoms with Crippen molar-refractivity contribution in [1.82, 2.24) is 20.9 Å². The molecule has 180 valence electrons. The van der Waals surface area contributed by atoms with Crippen LogP contribution in [0.1, 0.15) is 55.8 Å². The summed E-state index contributed by atoms with van der Waals surface area (Å²) in [5.74, 6) is 0.674. The van der Waals surface area contributed by atoms with Crippen LogP contribution in [0.2, 0.25) is 5.02 Å². The standard InChI is InChI=1S/C23H38ClN5O3/c1-3-9-26-23(31)27-10-6-4-5-7-11-29-12-8-17(16-29)15-28-22(30)18-13-19(24)20(25)14-21(18)32-2/h13-14,17H,3-12,15-16,25H2,1-2H3,(H,28,30)(H2,26,27,31)/t17-/m0/s1. The maximum atomic E-state index is 12.6. The minimum atomic E-state index is -0.195. The molecule has 0 unspecified atom stereocenters. The van der Waals surface area contributed by atoms with Crippen molar-refractivity contribution < 1.29 is 14.3 Å². The monoisotopic (exact) mass is 467 g/mol. The van der Waals surface area contributed by atoms with E-state index in [0.29, 0.717) is 34.5 Å². The molecular formula is C23H38ClN5O3. The first-order valence-electron chi connectivity index (χ1n) is 11.6. The lowest BCUT2D eigenvalue weighted by Crippen LogP contribution is -2.36. The van der Waals surface area contributed by atoms with Gasteiger partial charge in [-0.05, 0) is 50.8 Å². The average Bonchev–Trinajstić information content (AvgIpc) is 3.24. The molecule has 1 heterocycles. The van der Waals surface area contributed by atoms with E-state index in [0.717, 1.165) is 71.2 Å². The lowest BCUT2D eigenvalue weighted by Gasteiger charge is -2.17. The summed E-state index contributed by atoms with van der Waals surface area (Å²) in [5.41, 5.74) is 6.58. The summed E-state index contributed by atoms with van der Waals surface area (Å²) in [6.07, 6.45) is 6.47. The minimum Gasteiger partial charge on any atom is -0.496 e. The van der Waals surface area contributed by atoms with Crippen molar-refractivity contribution in [3.63, 3.8) is 0 Å². The van der Waals surface area contributed by atoms with E-state index >= 15 is 0 Å². The van der Waals surface area contributed by atoms with Gasteiger partial charge in [-0.2, -0.15) is 0 Å². The summed E-state index contributed by atoms with van der Waals surface area (Å²) in [7, 11) is 1.51. The maximum absolute atomic E-state index is 12.6. The molecule has 0 saturated carbocycles. The number of methoxy groups -OCH3 is 1. The molecule has 0 aromatic heterocycles. The highest BCUT2D eigenvalue weighted by atomic mass is 35.5. The lowest BCUT2D eigenvalue weighted by atomic mass is 10.1. The summed E-state index contributed by atoms with van der Waals surface area (Å²) < 4.78 is 5.27. The number of nitrogens with two attached hydrogens (primary N) is 1. The zero-order valence-corrected chi connectivity index (χ0v) is 20.1. The molecule has 1 saturated heterocycles. The van der Waals surface area contributed by atoms with E-state index in [4.69, 9.17) is 22.1 Å². The molecule has 2 rings (SSSR count). The number of nitrogen functional groups attached to an aromatic ring is 1. The molecule has 32 heavy (non-hydrogen) atoms. The number of unbranched alkanes of at least 4 members (excludes halogenated alkanes) is 3. The number of hydrogen-bond donors (Lipinski definition) is 4. The fourth-order valence-electron chi connectivity index (χ4n) is 3.85. The summed E-state index contributed by atoms with van der Waals surface area (Å²) in [4.78, 5) is 26.5. The third-order valence-corrected chi connectivity index (χ3v) is 6.03. The molecule has 0 aliphatic carbocycles. The van der Waals surface area contributed by atoms with E-state index in [1.165, 1.54) is 7.11 Å². The Labute approximate surface area is 196 Å². The molecule has 1 aromatic rings. The van der Waals surface area contributed by atoms with Gasteiger partial charge in [-0.3, -0.25) is 4.79 Å². The first-order valence-corrected chi connectivity index (χ1v) is 12.0. The number of benzene rings is 1. The van der Waals surface area contributed by atoms with Gasteiger partial charge in [0.05, 0.1) is 23.4 Å². The number of rotatable bonds is 13. The van der Waals surface area contributed by atoms with Crippen LogP contribution >= 0.6 is 11.6 Å².